The van der Waals surface area contributed by atoms with Crippen molar-refractivity contribution in [3.63, 3.8) is 0 Å². The summed E-state index contributed by atoms with van der Waals surface area (Å²) in [5, 5.41) is 0. The molecule has 1 heterocycles. The van der Waals surface area contributed by atoms with Crippen molar-refractivity contribution in [1.82, 2.24) is 9.80 Å². The first kappa shape index (κ1) is 11.7. The van der Waals surface area contributed by atoms with Crippen molar-refractivity contribution in [3.05, 3.63) is 0 Å². The van der Waals surface area contributed by atoms with Crippen LogP contribution in [0.4, 0.5) is 0 Å². The van der Waals surface area contributed by atoms with Gasteiger partial charge in [0.2, 0.25) is 11.8 Å². The second-order valence-corrected chi connectivity index (χ2v) is 3.86. The lowest BCUT2D eigenvalue weighted by Crippen LogP contribution is -2.38. The number of rotatable bonds is 2. The number of amides is 2. The van der Waals surface area contributed by atoms with Crippen LogP contribution in [0.5, 0.6) is 0 Å². The molecule has 0 spiro atoms. The zero-order valence-electron chi connectivity index (χ0n) is 9.15. The fourth-order valence-corrected chi connectivity index (χ4v) is 1.52. The van der Waals surface area contributed by atoms with Crippen LogP contribution in [-0.2, 0) is 14.4 Å². The third kappa shape index (κ3) is 3.34. The highest BCUT2D eigenvalue weighted by atomic mass is 16.2. The van der Waals surface area contributed by atoms with Gasteiger partial charge in [-0.2, -0.15) is 0 Å². The first-order chi connectivity index (χ1) is 7.00. The molecule has 1 fully saturated rings. The van der Waals surface area contributed by atoms with Crippen LogP contribution in [0.3, 0.4) is 0 Å². The van der Waals surface area contributed by atoms with Crippen molar-refractivity contribution < 1.29 is 14.4 Å². The van der Waals surface area contributed by atoms with Crippen molar-refractivity contribution in [1.29, 1.82) is 0 Å². The number of likely N-dealkylation sites (N-methyl/N-ethyl adjacent to an activating group) is 1. The van der Waals surface area contributed by atoms with E-state index in [9.17, 15) is 14.4 Å². The van der Waals surface area contributed by atoms with Gasteiger partial charge in [0.1, 0.15) is 5.78 Å². The van der Waals surface area contributed by atoms with E-state index < -0.39 is 0 Å². The van der Waals surface area contributed by atoms with Crippen LogP contribution < -0.4 is 0 Å². The average molecular weight is 212 g/mol. The first-order valence-corrected chi connectivity index (χ1v) is 5.02. The van der Waals surface area contributed by atoms with E-state index in [0.717, 1.165) is 6.42 Å². The van der Waals surface area contributed by atoms with Crippen molar-refractivity contribution in [2.45, 2.75) is 19.8 Å². The normalized spacial score (nSPS) is 17.6. The standard InChI is InChI=1S/C10H16N2O3/c1-8(13)6-9(14)12-5-3-4-11(2)10(15)7-12/h3-7H2,1-2H3. The van der Waals surface area contributed by atoms with Gasteiger partial charge in [-0.25, -0.2) is 0 Å². The third-order valence-corrected chi connectivity index (χ3v) is 2.43. The molecule has 1 aliphatic rings. The van der Waals surface area contributed by atoms with Crippen molar-refractivity contribution in [2.24, 2.45) is 0 Å². The van der Waals surface area contributed by atoms with E-state index in [-0.39, 0.29) is 30.6 Å². The lowest BCUT2D eigenvalue weighted by molar-refractivity contribution is -0.140. The highest BCUT2D eigenvalue weighted by Crippen LogP contribution is 2.04. The third-order valence-electron chi connectivity index (χ3n) is 2.43. The van der Waals surface area contributed by atoms with Gasteiger partial charge in [-0.15, -0.1) is 0 Å². The number of nitrogens with zero attached hydrogens (tertiary/aromatic N) is 2. The lowest BCUT2D eigenvalue weighted by atomic mass is 10.2. The second kappa shape index (κ2) is 4.91. The van der Waals surface area contributed by atoms with E-state index in [0.29, 0.717) is 13.1 Å². The molecule has 0 aromatic heterocycles. The lowest BCUT2D eigenvalue weighted by Gasteiger charge is -2.18. The molecular weight excluding hydrogens is 196 g/mol. The average Bonchev–Trinajstić information content (AvgIpc) is 2.28. The maximum Gasteiger partial charge on any atom is 0.241 e. The van der Waals surface area contributed by atoms with E-state index in [1.54, 1.807) is 11.9 Å². The Morgan fingerprint density at radius 2 is 2.00 bits per heavy atom. The molecule has 1 aliphatic heterocycles. The van der Waals surface area contributed by atoms with Crippen molar-refractivity contribution in [2.75, 3.05) is 26.7 Å². The summed E-state index contributed by atoms with van der Waals surface area (Å²) in [4.78, 5) is 36.9. The summed E-state index contributed by atoms with van der Waals surface area (Å²) in [6, 6.07) is 0. The molecule has 84 valence electrons. The summed E-state index contributed by atoms with van der Waals surface area (Å²) in [5.74, 6) is -0.472. The van der Waals surface area contributed by atoms with Crippen molar-refractivity contribution in [3.8, 4) is 0 Å². The van der Waals surface area contributed by atoms with Crippen LogP contribution >= 0.6 is 0 Å². The molecule has 0 unspecified atom stereocenters. The summed E-state index contributed by atoms with van der Waals surface area (Å²) in [5.41, 5.74) is 0. The minimum Gasteiger partial charge on any atom is -0.344 e. The van der Waals surface area contributed by atoms with Gasteiger partial charge in [0, 0.05) is 20.1 Å². The molecular formula is C10H16N2O3. The summed E-state index contributed by atoms with van der Waals surface area (Å²) in [6.07, 6.45) is 0.670. The van der Waals surface area contributed by atoms with E-state index >= 15 is 0 Å². The number of ketones is 1. The van der Waals surface area contributed by atoms with E-state index in [1.807, 2.05) is 0 Å². The molecule has 0 aromatic carbocycles. The fraction of sp³-hybridized carbons (Fsp3) is 0.700. The van der Waals surface area contributed by atoms with Gasteiger partial charge < -0.3 is 9.80 Å². The molecule has 0 aromatic rings. The van der Waals surface area contributed by atoms with Gasteiger partial charge in [0.05, 0.1) is 13.0 Å². The van der Waals surface area contributed by atoms with Gasteiger partial charge in [0.25, 0.3) is 0 Å². The highest BCUT2D eigenvalue weighted by molar-refractivity contribution is 5.98. The van der Waals surface area contributed by atoms with Crippen LogP contribution in [0, 0.1) is 0 Å². The molecule has 5 heteroatoms. The number of Topliss-reactive ketones (excluding diaryl/α,β-unsaturated/α-hetero) is 1. The Balaban J connectivity index is 2.58. The Labute approximate surface area is 89.0 Å². The van der Waals surface area contributed by atoms with Crippen LogP contribution in [0.25, 0.3) is 0 Å². The number of carbonyl (C=O) groups is 3. The smallest absolute Gasteiger partial charge is 0.241 e. The largest absolute Gasteiger partial charge is 0.344 e. The molecule has 15 heavy (non-hydrogen) atoms. The molecule has 5 nitrogen and oxygen atoms in total. The van der Waals surface area contributed by atoms with Crippen LogP contribution in [0.1, 0.15) is 19.8 Å². The number of hydrogen-bond acceptors (Lipinski definition) is 3. The Morgan fingerprint density at radius 3 is 2.60 bits per heavy atom. The molecule has 0 aliphatic carbocycles. The van der Waals surface area contributed by atoms with Gasteiger partial charge in [-0.05, 0) is 13.3 Å². The number of carbonyl (C=O) groups excluding carboxylic acids is 3. The van der Waals surface area contributed by atoms with Gasteiger partial charge in [-0.3, -0.25) is 14.4 Å². The molecule has 0 bridgehead atoms. The Bertz CT molecular complexity index is 288. The topological polar surface area (TPSA) is 57.7 Å². The molecule has 0 N–H and O–H groups in total. The molecule has 2 amide bonds. The Hall–Kier alpha value is -1.39. The van der Waals surface area contributed by atoms with Crippen LogP contribution in [-0.4, -0.2) is 54.1 Å². The fourth-order valence-electron chi connectivity index (χ4n) is 1.52. The van der Waals surface area contributed by atoms with Gasteiger partial charge in [0.15, 0.2) is 0 Å². The molecule has 1 saturated heterocycles. The predicted octanol–water partition coefficient (Wildman–Crippen LogP) is -0.344. The minimum atomic E-state index is -0.244. The Morgan fingerprint density at radius 1 is 1.33 bits per heavy atom. The summed E-state index contributed by atoms with van der Waals surface area (Å²) < 4.78 is 0. The van der Waals surface area contributed by atoms with E-state index in [4.69, 9.17) is 0 Å². The molecule has 0 saturated carbocycles. The second-order valence-electron chi connectivity index (χ2n) is 3.86. The monoisotopic (exact) mass is 212 g/mol. The highest BCUT2D eigenvalue weighted by Gasteiger charge is 2.23. The molecule has 1 rings (SSSR count). The maximum absolute atomic E-state index is 11.5. The number of hydrogen-bond donors (Lipinski definition) is 0. The molecule has 0 atom stereocenters. The summed E-state index contributed by atoms with van der Waals surface area (Å²) >= 11 is 0. The van der Waals surface area contributed by atoms with Gasteiger partial charge >= 0.3 is 0 Å². The zero-order chi connectivity index (χ0) is 11.4. The van der Waals surface area contributed by atoms with Crippen LogP contribution in [0.15, 0.2) is 0 Å². The quantitative estimate of drug-likeness (QED) is 0.588. The first-order valence-electron chi connectivity index (χ1n) is 5.02. The summed E-state index contributed by atoms with van der Waals surface area (Å²) in [6.45, 7) is 2.71. The molecule has 0 radical (unpaired) electrons. The maximum atomic E-state index is 11.5. The zero-order valence-corrected chi connectivity index (χ0v) is 9.15. The van der Waals surface area contributed by atoms with Crippen LogP contribution in [0.2, 0.25) is 0 Å². The predicted molar refractivity (Wildman–Crippen MR) is 54.1 cm³/mol. The van der Waals surface area contributed by atoms with Gasteiger partial charge in [-0.1, -0.05) is 0 Å². The SMILES string of the molecule is CC(=O)CC(=O)N1CCCN(C)C(=O)C1. The summed E-state index contributed by atoms with van der Waals surface area (Å²) in [7, 11) is 1.72. The van der Waals surface area contributed by atoms with Crippen molar-refractivity contribution >= 4 is 17.6 Å². The van der Waals surface area contributed by atoms with E-state index in [2.05, 4.69) is 0 Å². The Kier molecular flexibility index (Phi) is 3.82. The minimum absolute atomic E-state index is 0.0654. The van der Waals surface area contributed by atoms with E-state index in [1.165, 1.54) is 11.8 Å².